The highest BCUT2D eigenvalue weighted by Crippen LogP contribution is 2.09. The van der Waals surface area contributed by atoms with Gasteiger partial charge in [-0.2, -0.15) is 0 Å². The summed E-state index contributed by atoms with van der Waals surface area (Å²) in [5, 5.41) is 19.7. The average molecular weight is 477 g/mol. The van der Waals surface area contributed by atoms with Gasteiger partial charge in [-0.3, -0.25) is 0 Å². The third-order valence-corrected chi connectivity index (χ3v) is 4.82. The highest BCUT2D eigenvalue weighted by atomic mass is 16.5. The quantitative estimate of drug-likeness (QED) is 0.307. The Hall–Kier alpha value is -3.77. The van der Waals surface area contributed by atoms with Gasteiger partial charge >= 0.3 is 29.0 Å². The van der Waals surface area contributed by atoms with Crippen LogP contribution in [-0.4, -0.2) is 61.3 Å². The first-order chi connectivity index (χ1) is 16.1. The first kappa shape index (κ1) is 26.5. The van der Waals surface area contributed by atoms with Crippen LogP contribution in [0.25, 0.3) is 0 Å². The van der Waals surface area contributed by atoms with Gasteiger partial charge < -0.3 is 19.7 Å². The molecule has 2 aromatic rings. The lowest BCUT2D eigenvalue weighted by Gasteiger charge is -2.15. The Kier molecular flexibility index (Phi) is 9.27. The van der Waals surface area contributed by atoms with Gasteiger partial charge in [0.05, 0.1) is 30.3 Å². The molecule has 12 heteroatoms. The van der Waals surface area contributed by atoms with Crippen molar-refractivity contribution in [2.24, 2.45) is 7.05 Å². The van der Waals surface area contributed by atoms with E-state index in [1.54, 1.807) is 6.92 Å². The molecule has 0 aliphatic carbocycles. The molecule has 12 nitrogen and oxygen atoms in total. The van der Waals surface area contributed by atoms with E-state index in [1.807, 2.05) is 0 Å². The molecule has 2 N–H and O–H groups in total. The van der Waals surface area contributed by atoms with Crippen LogP contribution in [0.1, 0.15) is 34.1 Å². The van der Waals surface area contributed by atoms with Gasteiger partial charge in [-0.05, 0) is 24.6 Å². The molecular formula is C22H27N3O9. The van der Waals surface area contributed by atoms with Crippen LogP contribution in [0.2, 0.25) is 0 Å². The highest BCUT2D eigenvalue weighted by molar-refractivity contribution is 5.95. The second kappa shape index (κ2) is 11.9. The monoisotopic (exact) mass is 477 g/mol. The lowest BCUT2D eigenvalue weighted by atomic mass is 10.1. The number of rotatable bonds is 11. The molecule has 0 spiro atoms. The number of carbonyl (C=O) groups excluding carboxylic acids is 2. The topological polar surface area (TPSA) is 159 Å². The van der Waals surface area contributed by atoms with Crippen LogP contribution in [0.15, 0.2) is 51.3 Å². The fourth-order valence-corrected chi connectivity index (χ4v) is 2.86. The van der Waals surface area contributed by atoms with Crippen molar-refractivity contribution < 1.29 is 29.3 Å². The molecule has 0 saturated carbocycles. The predicted octanol–water partition coefficient (Wildman–Crippen LogP) is -0.960. The molecule has 1 aromatic heterocycles. The van der Waals surface area contributed by atoms with Gasteiger partial charge in [0.2, 0.25) is 0 Å². The van der Waals surface area contributed by atoms with E-state index in [0.29, 0.717) is 15.6 Å². The number of hydrogen-bond acceptors (Lipinski definition) is 9. The second-order valence-electron chi connectivity index (χ2n) is 7.41. The largest absolute Gasteiger partial charge is 0.459 e. The number of aliphatic hydroxyl groups excluding tert-OH is 2. The SMILES string of the molecule is C=CCn1c(=O)n(C)c(=O)n(CC(O)COC(=O)c2cccc(C(=O)OCC(O)CC)c2)c1=O. The van der Waals surface area contributed by atoms with Crippen LogP contribution >= 0.6 is 0 Å². The lowest BCUT2D eigenvalue weighted by molar-refractivity contribution is 0.0207. The van der Waals surface area contributed by atoms with E-state index >= 15 is 0 Å². The molecule has 2 atom stereocenters. The van der Waals surface area contributed by atoms with E-state index in [0.717, 1.165) is 4.57 Å². The van der Waals surface area contributed by atoms with Gasteiger partial charge in [-0.1, -0.05) is 19.1 Å². The maximum atomic E-state index is 12.5. The van der Waals surface area contributed by atoms with Crippen LogP contribution in [0, 0.1) is 0 Å². The number of esters is 2. The highest BCUT2D eigenvalue weighted by Gasteiger charge is 2.18. The molecule has 0 saturated heterocycles. The summed E-state index contributed by atoms with van der Waals surface area (Å²) in [5.74, 6) is -1.59. The summed E-state index contributed by atoms with van der Waals surface area (Å²) in [6.45, 7) is 3.78. The first-order valence-electron chi connectivity index (χ1n) is 10.4. The fourth-order valence-electron chi connectivity index (χ4n) is 2.86. The molecule has 0 fully saturated rings. The minimum atomic E-state index is -1.44. The van der Waals surface area contributed by atoms with Crippen molar-refractivity contribution in [3.05, 3.63) is 79.5 Å². The molecule has 184 valence electrons. The zero-order valence-electron chi connectivity index (χ0n) is 18.9. The molecule has 0 radical (unpaired) electrons. The Labute approximate surface area is 193 Å². The van der Waals surface area contributed by atoms with Gasteiger partial charge in [0.25, 0.3) is 0 Å². The number of aliphatic hydroxyl groups is 2. The zero-order valence-corrected chi connectivity index (χ0v) is 18.9. The molecule has 1 heterocycles. The fraction of sp³-hybridized carbons (Fsp3) is 0.409. The molecule has 1 aromatic carbocycles. The standard InChI is InChI=1S/C22H27N3O9/c1-4-9-24-20(30)23(3)21(31)25(22(24)32)11-17(27)13-34-19(29)15-8-6-7-14(10-15)18(28)33-12-16(26)5-2/h4,6-8,10,16-17,26-27H,1,5,9,11-13H2,2-3H3. The zero-order chi connectivity index (χ0) is 25.4. The Morgan fingerprint density at radius 1 is 0.971 bits per heavy atom. The van der Waals surface area contributed by atoms with E-state index in [1.165, 1.54) is 37.4 Å². The van der Waals surface area contributed by atoms with Crippen LogP contribution < -0.4 is 17.1 Å². The Morgan fingerprint density at radius 3 is 2.03 bits per heavy atom. The molecular weight excluding hydrogens is 450 g/mol. The summed E-state index contributed by atoms with van der Waals surface area (Å²) in [7, 11) is 1.19. The third-order valence-electron chi connectivity index (χ3n) is 4.82. The maximum absolute atomic E-state index is 12.5. The molecule has 2 unspecified atom stereocenters. The van der Waals surface area contributed by atoms with Gasteiger partial charge in [-0.15, -0.1) is 6.58 Å². The van der Waals surface area contributed by atoms with Crippen LogP contribution in [0.3, 0.4) is 0 Å². The van der Waals surface area contributed by atoms with Crippen LogP contribution in [0.5, 0.6) is 0 Å². The Morgan fingerprint density at radius 2 is 1.50 bits per heavy atom. The number of nitrogens with zero attached hydrogens (tertiary/aromatic N) is 3. The Bertz CT molecular complexity index is 1230. The van der Waals surface area contributed by atoms with Crippen molar-refractivity contribution in [2.45, 2.75) is 38.6 Å². The first-order valence-corrected chi connectivity index (χ1v) is 10.4. The smallest absolute Gasteiger partial charge is 0.338 e. The van der Waals surface area contributed by atoms with Crippen molar-refractivity contribution in [1.82, 2.24) is 13.7 Å². The van der Waals surface area contributed by atoms with Gasteiger partial charge in [0, 0.05) is 7.05 Å². The number of carbonyl (C=O) groups is 2. The summed E-state index contributed by atoms with van der Waals surface area (Å²) >= 11 is 0. The maximum Gasteiger partial charge on any atom is 0.338 e. The molecule has 0 aliphatic rings. The minimum absolute atomic E-state index is 0.00491. The van der Waals surface area contributed by atoms with E-state index in [2.05, 4.69) is 6.58 Å². The number of allylic oxidation sites excluding steroid dienone is 1. The molecule has 0 bridgehead atoms. The normalized spacial score (nSPS) is 12.6. The van der Waals surface area contributed by atoms with E-state index in [4.69, 9.17) is 9.47 Å². The summed E-state index contributed by atoms with van der Waals surface area (Å²) < 4.78 is 12.2. The van der Waals surface area contributed by atoms with Crippen LogP contribution in [-0.2, 0) is 29.6 Å². The predicted molar refractivity (Wildman–Crippen MR) is 120 cm³/mol. The average Bonchev–Trinajstić information content (AvgIpc) is 2.84. The number of ether oxygens (including phenoxy) is 2. The van der Waals surface area contributed by atoms with E-state index in [9.17, 15) is 34.2 Å². The second-order valence-corrected chi connectivity index (χ2v) is 7.41. The van der Waals surface area contributed by atoms with Crippen molar-refractivity contribution in [2.75, 3.05) is 13.2 Å². The molecule has 0 aliphatic heterocycles. The molecule has 34 heavy (non-hydrogen) atoms. The van der Waals surface area contributed by atoms with Crippen LogP contribution in [0.4, 0.5) is 0 Å². The molecule has 0 amide bonds. The van der Waals surface area contributed by atoms with Gasteiger partial charge in [0.1, 0.15) is 19.3 Å². The summed E-state index contributed by atoms with van der Waals surface area (Å²) in [6.07, 6.45) is -0.507. The van der Waals surface area contributed by atoms with E-state index in [-0.39, 0.29) is 24.3 Å². The number of hydrogen-bond donors (Lipinski definition) is 2. The van der Waals surface area contributed by atoms with Crippen molar-refractivity contribution in [3.63, 3.8) is 0 Å². The number of aromatic nitrogens is 3. The van der Waals surface area contributed by atoms with Crippen molar-refractivity contribution in [1.29, 1.82) is 0 Å². The van der Waals surface area contributed by atoms with Crippen molar-refractivity contribution in [3.8, 4) is 0 Å². The van der Waals surface area contributed by atoms with Gasteiger partial charge in [-0.25, -0.2) is 37.7 Å². The third kappa shape index (κ3) is 6.39. The number of benzene rings is 1. The summed E-state index contributed by atoms with van der Waals surface area (Å²) in [5.41, 5.74) is -2.62. The van der Waals surface area contributed by atoms with E-state index < -0.39 is 54.4 Å². The van der Waals surface area contributed by atoms with Gasteiger partial charge in [0.15, 0.2) is 0 Å². The summed E-state index contributed by atoms with van der Waals surface area (Å²) in [4.78, 5) is 61.2. The van der Waals surface area contributed by atoms with Crippen molar-refractivity contribution >= 4 is 11.9 Å². The lowest BCUT2D eigenvalue weighted by Crippen LogP contribution is -2.54. The minimum Gasteiger partial charge on any atom is -0.459 e. The molecule has 2 rings (SSSR count). The Balaban J connectivity index is 2.07. The summed E-state index contributed by atoms with van der Waals surface area (Å²) in [6, 6.07) is 5.48.